The lowest BCUT2D eigenvalue weighted by Crippen LogP contribution is -2.33. The van der Waals surface area contributed by atoms with Crippen molar-refractivity contribution >= 4 is 17.9 Å². The number of carboxylic acids is 1. The Labute approximate surface area is 91.0 Å². The molecule has 0 aliphatic carbocycles. The first kappa shape index (κ1) is 11.9. The van der Waals surface area contributed by atoms with E-state index in [1.165, 1.54) is 16.7 Å². The minimum Gasteiger partial charge on any atom is -0.481 e. The Hall–Kier alpha value is -2.19. The maximum Gasteiger partial charge on any atom is 0.324 e. The molecule has 0 saturated heterocycles. The zero-order valence-electron chi connectivity index (χ0n) is 8.91. The third kappa shape index (κ3) is 3.52. The molecule has 1 aromatic rings. The van der Waals surface area contributed by atoms with Gasteiger partial charge in [0.25, 0.3) is 5.95 Å². The molecule has 0 atom stereocenters. The van der Waals surface area contributed by atoms with Crippen LogP contribution in [0.5, 0.6) is 0 Å². The number of nitrogens with one attached hydrogen (secondary N) is 1. The Morgan fingerprint density at radius 2 is 2.25 bits per heavy atom. The molecule has 0 aliphatic rings. The molecule has 2 N–H and O–H groups in total. The van der Waals surface area contributed by atoms with Crippen LogP contribution in [0.4, 0.5) is 10.7 Å². The lowest BCUT2D eigenvalue weighted by Gasteiger charge is -2.14. The van der Waals surface area contributed by atoms with Gasteiger partial charge < -0.3 is 10.0 Å². The van der Waals surface area contributed by atoms with E-state index in [1.807, 2.05) is 0 Å². The first-order valence-electron chi connectivity index (χ1n) is 4.47. The zero-order chi connectivity index (χ0) is 12.1. The van der Waals surface area contributed by atoms with Crippen LogP contribution < -0.4 is 5.32 Å². The number of aliphatic carboxylic acids is 1. The highest BCUT2D eigenvalue weighted by molar-refractivity contribution is 5.87. The van der Waals surface area contributed by atoms with Gasteiger partial charge >= 0.3 is 12.0 Å². The monoisotopic (exact) mass is 228 g/mol. The van der Waals surface area contributed by atoms with Crippen LogP contribution in [0.25, 0.3) is 0 Å². The van der Waals surface area contributed by atoms with Crippen molar-refractivity contribution in [1.29, 1.82) is 0 Å². The number of carbonyl (C=O) groups is 2. The van der Waals surface area contributed by atoms with Crippen LogP contribution >= 0.6 is 0 Å². The third-order valence-corrected chi connectivity index (χ3v) is 1.73. The summed E-state index contributed by atoms with van der Waals surface area (Å²) in [6, 6.07) is -0.478. The standard InChI is InChI=1S/C7H12N6O3/c1-12(4-3-5(14)15)7(16)8-6-9-11-13(2)10-6/h3-4H2,1-2H3,(H,14,15)(H,8,10,16). The van der Waals surface area contributed by atoms with E-state index in [0.29, 0.717) is 0 Å². The van der Waals surface area contributed by atoms with Gasteiger partial charge in [0.05, 0.1) is 13.5 Å². The molecule has 9 nitrogen and oxygen atoms in total. The largest absolute Gasteiger partial charge is 0.481 e. The van der Waals surface area contributed by atoms with Crippen LogP contribution in [0.1, 0.15) is 6.42 Å². The average Bonchev–Trinajstić information content (AvgIpc) is 2.60. The molecule has 1 rings (SSSR count). The molecular formula is C7H12N6O3. The Morgan fingerprint density at radius 1 is 1.56 bits per heavy atom. The molecule has 0 spiro atoms. The number of anilines is 1. The number of rotatable bonds is 4. The van der Waals surface area contributed by atoms with Crippen LogP contribution in [0.15, 0.2) is 0 Å². The number of aromatic nitrogens is 4. The highest BCUT2D eigenvalue weighted by Gasteiger charge is 2.12. The van der Waals surface area contributed by atoms with Crippen LogP contribution in [0.3, 0.4) is 0 Å². The summed E-state index contributed by atoms with van der Waals surface area (Å²) in [4.78, 5) is 24.2. The second kappa shape index (κ2) is 5.05. The van der Waals surface area contributed by atoms with Gasteiger partial charge in [-0.3, -0.25) is 10.1 Å². The number of urea groups is 1. The maximum absolute atomic E-state index is 11.4. The highest BCUT2D eigenvalue weighted by atomic mass is 16.4. The van der Waals surface area contributed by atoms with Crippen LogP contribution in [-0.2, 0) is 11.8 Å². The van der Waals surface area contributed by atoms with Crippen molar-refractivity contribution in [3.63, 3.8) is 0 Å². The Morgan fingerprint density at radius 3 is 2.75 bits per heavy atom. The quantitative estimate of drug-likeness (QED) is 0.693. The van der Waals surface area contributed by atoms with Gasteiger partial charge in [0, 0.05) is 13.6 Å². The van der Waals surface area contributed by atoms with Gasteiger partial charge in [-0.15, -0.1) is 5.10 Å². The number of carboxylic acid groups (broad SMARTS) is 1. The van der Waals surface area contributed by atoms with Gasteiger partial charge in [0.1, 0.15) is 0 Å². The van der Waals surface area contributed by atoms with Gasteiger partial charge in [0.2, 0.25) is 0 Å². The molecule has 9 heteroatoms. The van der Waals surface area contributed by atoms with Gasteiger partial charge in [0.15, 0.2) is 0 Å². The fourth-order valence-corrected chi connectivity index (χ4v) is 0.890. The number of hydrogen-bond acceptors (Lipinski definition) is 5. The van der Waals surface area contributed by atoms with E-state index in [-0.39, 0.29) is 18.9 Å². The Kier molecular flexibility index (Phi) is 3.75. The van der Waals surface area contributed by atoms with E-state index in [1.54, 1.807) is 7.05 Å². The van der Waals surface area contributed by atoms with Crippen molar-refractivity contribution in [2.45, 2.75) is 6.42 Å². The first-order chi connectivity index (χ1) is 7.49. The number of nitrogens with zero attached hydrogens (tertiary/aromatic N) is 5. The predicted octanol–water partition coefficient (Wildman–Crippen LogP) is -0.852. The Bertz CT molecular complexity index is 389. The SMILES string of the molecule is CN(CCC(=O)O)C(=O)Nc1nnn(C)n1. The number of amides is 2. The molecule has 0 aliphatic heterocycles. The number of tetrazole rings is 1. The summed E-state index contributed by atoms with van der Waals surface area (Å²) in [5.74, 6) is -0.882. The average molecular weight is 228 g/mol. The summed E-state index contributed by atoms with van der Waals surface area (Å²) in [7, 11) is 3.05. The molecule has 1 heterocycles. The molecule has 0 radical (unpaired) electrons. The van der Waals surface area contributed by atoms with Crippen molar-refractivity contribution in [3.05, 3.63) is 0 Å². The summed E-state index contributed by atoms with van der Waals surface area (Å²) in [6.07, 6.45) is -0.113. The molecule has 88 valence electrons. The van der Waals surface area contributed by atoms with Crippen molar-refractivity contribution in [1.82, 2.24) is 25.1 Å². The lowest BCUT2D eigenvalue weighted by atomic mass is 10.4. The molecule has 0 bridgehead atoms. The Balaban J connectivity index is 2.42. The molecule has 0 aromatic carbocycles. The van der Waals surface area contributed by atoms with Crippen molar-refractivity contribution in [2.75, 3.05) is 18.9 Å². The molecule has 2 amide bonds. The molecule has 0 saturated carbocycles. The van der Waals surface area contributed by atoms with Crippen LogP contribution in [0, 0.1) is 0 Å². The molecule has 0 unspecified atom stereocenters. The first-order valence-corrected chi connectivity index (χ1v) is 4.47. The minimum absolute atomic E-state index is 0.0784. The normalized spacial score (nSPS) is 9.88. The van der Waals surface area contributed by atoms with Crippen LogP contribution in [-0.4, -0.2) is 55.8 Å². The topological polar surface area (TPSA) is 113 Å². The molecule has 16 heavy (non-hydrogen) atoms. The van der Waals surface area contributed by atoms with E-state index in [9.17, 15) is 9.59 Å². The minimum atomic E-state index is -0.961. The fourth-order valence-electron chi connectivity index (χ4n) is 0.890. The molecule has 1 aromatic heterocycles. The van der Waals surface area contributed by atoms with Crippen LogP contribution in [0.2, 0.25) is 0 Å². The summed E-state index contributed by atoms with van der Waals surface area (Å²) in [5.41, 5.74) is 0. The third-order valence-electron chi connectivity index (χ3n) is 1.73. The van der Waals surface area contributed by atoms with E-state index in [0.717, 1.165) is 0 Å². The zero-order valence-corrected chi connectivity index (χ0v) is 8.91. The second-order valence-corrected chi connectivity index (χ2v) is 3.10. The van der Waals surface area contributed by atoms with Gasteiger partial charge in [-0.2, -0.15) is 4.80 Å². The van der Waals surface area contributed by atoms with Crippen molar-refractivity contribution in [2.24, 2.45) is 7.05 Å². The molecule has 0 fully saturated rings. The summed E-state index contributed by atoms with van der Waals surface area (Å²) < 4.78 is 0. The van der Waals surface area contributed by atoms with Gasteiger partial charge in [-0.05, 0) is 5.21 Å². The second-order valence-electron chi connectivity index (χ2n) is 3.10. The smallest absolute Gasteiger partial charge is 0.324 e. The van der Waals surface area contributed by atoms with E-state index < -0.39 is 12.0 Å². The molecular weight excluding hydrogens is 216 g/mol. The van der Waals surface area contributed by atoms with Gasteiger partial charge in [-0.25, -0.2) is 4.79 Å². The van der Waals surface area contributed by atoms with Gasteiger partial charge in [-0.1, -0.05) is 5.10 Å². The number of carbonyl (C=O) groups excluding carboxylic acids is 1. The van der Waals surface area contributed by atoms with Crippen molar-refractivity contribution in [3.8, 4) is 0 Å². The summed E-state index contributed by atoms with van der Waals surface area (Å²) >= 11 is 0. The fraction of sp³-hybridized carbons (Fsp3) is 0.571. The van der Waals surface area contributed by atoms with E-state index in [2.05, 4.69) is 20.7 Å². The van der Waals surface area contributed by atoms with E-state index in [4.69, 9.17) is 5.11 Å². The summed E-state index contributed by atoms with van der Waals surface area (Å²) in [6.45, 7) is 0.113. The van der Waals surface area contributed by atoms with E-state index >= 15 is 0 Å². The summed E-state index contributed by atoms with van der Waals surface area (Å²) in [5, 5.41) is 21.7. The predicted molar refractivity (Wildman–Crippen MR) is 52.7 cm³/mol. The highest BCUT2D eigenvalue weighted by Crippen LogP contribution is 1.96. The number of hydrogen-bond donors (Lipinski definition) is 2. The number of aryl methyl sites for hydroxylation is 1. The van der Waals surface area contributed by atoms with Crippen molar-refractivity contribution < 1.29 is 14.7 Å². The maximum atomic E-state index is 11.4. The lowest BCUT2D eigenvalue weighted by molar-refractivity contribution is -0.137.